The van der Waals surface area contributed by atoms with Gasteiger partial charge in [0, 0.05) is 13.6 Å². The summed E-state index contributed by atoms with van der Waals surface area (Å²) in [5.74, 6) is -1.60. The number of carboxylic acid groups (broad SMARTS) is 1. The number of thiophene rings is 1. The molecule has 0 aliphatic carbocycles. The Morgan fingerprint density at radius 3 is 2.50 bits per heavy atom. The molecule has 0 aliphatic heterocycles. The third-order valence-corrected chi connectivity index (χ3v) is 5.84. The molecule has 20 heavy (non-hydrogen) atoms. The van der Waals surface area contributed by atoms with Crippen molar-refractivity contribution in [2.75, 3.05) is 20.1 Å². The van der Waals surface area contributed by atoms with Crippen LogP contribution in [0.15, 0.2) is 16.3 Å². The molecule has 0 saturated heterocycles. The van der Waals surface area contributed by atoms with E-state index in [0.717, 1.165) is 4.31 Å². The fraction of sp³-hybridized carbons (Fsp3) is 0.455. The van der Waals surface area contributed by atoms with E-state index in [-0.39, 0.29) is 22.2 Å². The SMILES string of the molecule is CCCN(CC(=O)NC)S(=O)(=O)c1ccc(C(=O)O)s1. The average Bonchev–Trinajstić information content (AvgIpc) is 2.88. The van der Waals surface area contributed by atoms with Crippen LogP contribution >= 0.6 is 11.3 Å². The van der Waals surface area contributed by atoms with Gasteiger partial charge in [-0.05, 0) is 18.6 Å². The number of aromatic carboxylic acids is 1. The highest BCUT2D eigenvalue weighted by atomic mass is 32.2. The van der Waals surface area contributed by atoms with Gasteiger partial charge in [0.2, 0.25) is 5.91 Å². The zero-order valence-electron chi connectivity index (χ0n) is 11.1. The fourth-order valence-electron chi connectivity index (χ4n) is 1.47. The van der Waals surface area contributed by atoms with Gasteiger partial charge >= 0.3 is 5.97 Å². The van der Waals surface area contributed by atoms with Crippen molar-refractivity contribution >= 4 is 33.2 Å². The molecule has 1 amide bonds. The zero-order chi connectivity index (χ0) is 15.3. The summed E-state index contributed by atoms with van der Waals surface area (Å²) in [5.41, 5.74) is 0. The van der Waals surface area contributed by atoms with E-state index < -0.39 is 21.9 Å². The van der Waals surface area contributed by atoms with Gasteiger partial charge in [-0.2, -0.15) is 4.31 Å². The van der Waals surface area contributed by atoms with Gasteiger partial charge in [0.25, 0.3) is 10.0 Å². The van der Waals surface area contributed by atoms with Crippen LogP contribution in [0.5, 0.6) is 0 Å². The van der Waals surface area contributed by atoms with Crippen LogP contribution in [0.25, 0.3) is 0 Å². The highest BCUT2D eigenvalue weighted by Crippen LogP contribution is 2.25. The molecule has 9 heteroatoms. The lowest BCUT2D eigenvalue weighted by Gasteiger charge is -2.19. The van der Waals surface area contributed by atoms with Gasteiger partial charge in [-0.25, -0.2) is 13.2 Å². The first-order valence-corrected chi connectivity index (χ1v) is 8.12. The minimum absolute atomic E-state index is 0.0556. The molecule has 0 unspecified atom stereocenters. The maximum Gasteiger partial charge on any atom is 0.345 e. The van der Waals surface area contributed by atoms with Gasteiger partial charge < -0.3 is 10.4 Å². The number of hydrogen-bond acceptors (Lipinski definition) is 5. The van der Waals surface area contributed by atoms with Crippen LogP contribution in [-0.4, -0.2) is 49.8 Å². The molecule has 0 saturated carbocycles. The van der Waals surface area contributed by atoms with Gasteiger partial charge in [0.1, 0.15) is 9.09 Å². The Balaban J connectivity index is 3.08. The van der Waals surface area contributed by atoms with Crippen molar-refractivity contribution in [1.82, 2.24) is 9.62 Å². The molecular formula is C11H16N2O5S2. The van der Waals surface area contributed by atoms with E-state index in [1.165, 1.54) is 19.2 Å². The Bertz CT molecular complexity index is 594. The zero-order valence-corrected chi connectivity index (χ0v) is 12.8. The van der Waals surface area contributed by atoms with Crippen molar-refractivity contribution in [2.24, 2.45) is 0 Å². The Morgan fingerprint density at radius 2 is 2.05 bits per heavy atom. The monoisotopic (exact) mass is 320 g/mol. The number of sulfonamides is 1. The quantitative estimate of drug-likeness (QED) is 0.765. The molecule has 1 rings (SSSR count). The molecule has 0 aliphatic rings. The van der Waals surface area contributed by atoms with Crippen LogP contribution in [0.1, 0.15) is 23.0 Å². The molecule has 0 fully saturated rings. The summed E-state index contributed by atoms with van der Waals surface area (Å²) in [6.07, 6.45) is 0.549. The second kappa shape index (κ2) is 6.82. The number of hydrogen-bond donors (Lipinski definition) is 2. The van der Waals surface area contributed by atoms with E-state index in [9.17, 15) is 18.0 Å². The van der Waals surface area contributed by atoms with Crippen molar-refractivity contribution in [3.8, 4) is 0 Å². The molecule has 0 radical (unpaired) electrons. The average molecular weight is 320 g/mol. The molecule has 0 atom stereocenters. The normalized spacial score (nSPS) is 11.6. The predicted octanol–water partition coefficient (Wildman–Crippen LogP) is 0.593. The van der Waals surface area contributed by atoms with Crippen molar-refractivity contribution in [1.29, 1.82) is 0 Å². The van der Waals surface area contributed by atoms with Crippen LogP contribution in [0.4, 0.5) is 0 Å². The van der Waals surface area contributed by atoms with Crippen LogP contribution < -0.4 is 5.32 Å². The molecule has 1 aromatic heterocycles. The summed E-state index contributed by atoms with van der Waals surface area (Å²) >= 11 is 0.676. The molecule has 1 heterocycles. The summed E-state index contributed by atoms with van der Waals surface area (Å²) in [4.78, 5) is 22.1. The highest BCUT2D eigenvalue weighted by Gasteiger charge is 2.27. The minimum atomic E-state index is -3.85. The maximum atomic E-state index is 12.4. The molecule has 0 aromatic carbocycles. The van der Waals surface area contributed by atoms with Crippen molar-refractivity contribution in [3.05, 3.63) is 17.0 Å². The van der Waals surface area contributed by atoms with Gasteiger partial charge in [-0.1, -0.05) is 6.92 Å². The topological polar surface area (TPSA) is 104 Å². The first-order chi connectivity index (χ1) is 9.32. The number of carbonyl (C=O) groups excluding carboxylic acids is 1. The first-order valence-electron chi connectivity index (χ1n) is 5.86. The maximum absolute atomic E-state index is 12.4. The van der Waals surface area contributed by atoms with Crippen LogP contribution in [0, 0.1) is 0 Å². The third-order valence-electron chi connectivity index (χ3n) is 2.46. The number of rotatable bonds is 7. The number of nitrogens with zero attached hydrogens (tertiary/aromatic N) is 1. The van der Waals surface area contributed by atoms with E-state index in [2.05, 4.69) is 5.32 Å². The largest absolute Gasteiger partial charge is 0.477 e. The highest BCUT2D eigenvalue weighted by molar-refractivity contribution is 7.91. The van der Waals surface area contributed by atoms with E-state index >= 15 is 0 Å². The number of nitrogens with one attached hydrogen (secondary N) is 1. The smallest absolute Gasteiger partial charge is 0.345 e. The summed E-state index contributed by atoms with van der Waals surface area (Å²) < 4.78 is 25.7. The van der Waals surface area contributed by atoms with Crippen molar-refractivity contribution in [2.45, 2.75) is 17.6 Å². The van der Waals surface area contributed by atoms with Gasteiger partial charge in [-0.3, -0.25) is 4.79 Å². The van der Waals surface area contributed by atoms with Crippen LogP contribution in [-0.2, 0) is 14.8 Å². The number of carboxylic acids is 1. The fourth-order valence-corrected chi connectivity index (χ4v) is 4.26. The molecule has 7 nitrogen and oxygen atoms in total. The third kappa shape index (κ3) is 3.78. The lowest BCUT2D eigenvalue weighted by molar-refractivity contribution is -0.120. The molecule has 112 valence electrons. The molecular weight excluding hydrogens is 304 g/mol. The molecule has 2 N–H and O–H groups in total. The minimum Gasteiger partial charge on any atom is -0.477 e. The predicted molar refractivity (Wildman–Crippen MR) is 74.4 cm³/mol. The summed E-state index contributed by atoms with van der Waals surface area (Å²) in [6.45, 7) is 1.70. The van der Waals surface area contributed by atoms with Crippen LogP contribution in [0.3, 0.4) is 0 Å². The lowest BCUT2D eigenvalue weighted by atomic mass is 10.4. The van der Waals surface area contributed by atoms with Crippen molar-refractivity contribution in [3.63, 3.8) is 0 Å². The standard InChI is InChI=1S/C11H16N2O5S2/c1-3-6-13(7-9(14)12-2)20(17,18)10-5-4-8(19-10)11(15)16/h4-5H,3,6-7H2,1-2H3,(H,12,14)(H,15,16). The van der Waals surface area contributed by atoms with E-state index in [1.807, 2.05) is 0 Å². The second-order valence-electron chi connectivity index (χ2n) is 3.94. The summed E-state index contributed by atoms with van der Waals surface area (Å²) in [7, 11) is -2.43. The number of carbonyl (C=O) groups is 2. The molecule has 1 aromatic rings. The molecule has 0 bridgehead atoms. The van der Waals surface area contributed by atoms with E-state index in [1.54, 1.807) is 6.92 Å². The van der Waals surface area contributed by atoms with Crippen molar-refractivity contribution < 1.29 is 23.1 Å². The Kier molecular flexibility index (Phi) is 5.66. The van der Waals surface area contributed by atoms with E-state index in [0.29, 0.717) is 17.8 Å². The number of amides is 1. The van der Waals surface area contributed by atoms with Gasteiger partial charge in [0.15, 0.2) is 0 Å². The Morgan fingerprint density at radius 1 is 1.40 bits per heavy atom. The summed E-state index contributed by atoms with van der Waals surface area (Å²) in [5, 5.41) is 11.2. The van der Waals surface area contributed by atoms with E-state index in [4.69, 9.17) is 5.11 Å². The molecule has 0 spiro atoms. The number of likely N-dealkylation sites (N-methyl/N-ethyl adjacent to an activating group) is 1. The van der Waals surface area contributed by atoms with Gasteiger partial charge in [0.05, 0.1) is 6.54 Å². The lowest BCUT2D eigenvalue weighted by Crippen LogP contribution is -2.39. The van der Waals surface area contributed by atoms with Crippen LogP contribution in [0.2, 0.25) is 0 Å². The first kappa shape index (κ1) is 16.6. The van der Waals surface area contributed by atoms with Gasteiger partial charge in [-0.15, -0.1) is 11.3 Å². The Labute approximate surface area is 121 Å². The second-order valence-corrected chi connectivity index (χ2v) is 7.18. The Hall–Kier alpha value is -1.45. The summed E-state index contributed by atoms with van der Waals surface area (Å²) in [6, 6.07) is 2.49.